The summed E-state index contributed by atoms with van der Waals surface area (Å²) in [5.41, 5.74) is 1.44. The first kappa shape index (κ1) is 12.3. The molecule has 0 unspecified atom stereocenters. The van der Waals surface area contributed by atoms with Gasteiger partial charge in [0.1, 0.15) is 5.75 Å². The predicted molar refractivity (Wildman–Crippen MR) is 70.7 cm³/mol. The SMILES string of the molecule is CSC1(CNC(=O)c2ccc(O)cc2C)CC1. The highest BCUT2D eigenvalue weighted by Gasteiger charge is 2.41. The number of benzene rings is 1. The van der Waals surface area contributed by atoms with Gasteiger partial charge in [0.2, 0.25) is 0 Å². The molecule has 4 heteroatoms. The van der Waals surface area contributed by atoms with Gasteiger partial charge in [0.15, 0.2) is 0 Å². The lowest BCUT2D eigenvalue weighted by atomic mass is 10.1. The first-order valence-corrected chi connectivity index (χ1v) is 6.92. The van der Waals surface area contributed by atoms with Crippen LogP contribution in [0.5, 0.6) is 5.75 Å². The summed E-state index contributed by atoms with van der Waals surface area (Å²) in [6.07, 6.45) is 4.46. The fourth-order valence-electron chi connectivity index (χ4n) is 1.83. The molecule has 0 bridgehead atoms. The lowest BCUT2D eigenvalue weighted by Gasteiger charge is -2.14. The first-order valence-electron chi connectivity index (χ1n) is 5.69. The molecule has 2 N–H and O–H groups in total. The second-order valence-electron chi connectivity index (χ2n) is 4.57. The van der Waals surface area contributed by atoms with Crippen molar-refractivity contribution in [3.8, 4) is 5.75 Å². The average Bonchev–Trinajstić information content (AvgIpc) is 3.07. The molecule has 1 aromatic carbocycles. The van der Waals surface area contributed by atoms with Crippen molar-refractivity contribution in [2.45, 2.75) is 24.5 Å². The predicted octanol–water partition coefficient (Wildman–Crippen LogP) is 2.33. The molecule has 0 aliphatic heterocycles. The standard InChI is InChI=1S/C13H17NO2S/c1-9-7-10(15)3-4-11(9)12(16)14-8-13(17-2)5-6-13/h3-4,7,15H,5-6,8H2,1-2H3,(H,14,16). The van der Waals surface area contributed by atoms with E-state index in [0.29, 0.717) is 5.56 Å². The van der Waals surface area contributed by atoms with Gasteiger partial charge in [-0.3, -0.25) is 4.79 Å². The Labute approximate surface area is 106 Å². The molecule has 3 nitrogen and oxygen atoms in total. The number of hydrogen-bond donors (Lipinski definition) is 2. The number of rotatable bonds is 4. The summed E-state index contributed by atoms with van der Waals surface area (Å²) in [5, 5.41) is 12.3. The lowest BCUT2D eigenvalue weighted by Crippen LogP contribution is -2.32. The number of thioether (sulfide) groups is 1. The topological polar surface area (TPSA) is 49.3 Å². The van der Waals surface area contributed by atoms with Gasteiger partial charge >= 0.3 is 0 Å². The molecule has 0 atom stereocenters. The third kappa shape index (κ3) is 2.75. The van der Waals surface area contributed by atoms with Gasteiger partial charge in [-0.05, 0) is 49.8 Å². The van der Waals surface area contributed by atoms with E-state index in [2.05, 4.69) is 11.6 Å². The van der Waals surface area contributed by atoms with Crippen molar-refractivity contribution in [3.05, 3.63) is 29.3 Å². The van der Waals surface area contributed by atoms with E-state index in [1.54, 1.807) is 18.2 Å². The molecule has 17 heavy (non-hydrogen) atoms. The van der Waals surface area contributed by atoms with Gasteiger partial charge in [0.05, 0.1) is 0 Å². The zero-order valence-electron chi connectivity index (χ0n) is 10.1. The summed E-state index contributed by atoms with van der Waals surface area (Å²) >= 11 is 1.83. The van der Waals surface area contributed by atoms with Crippen molar-refractivity contribution < 1.29 is 9.90 Å². The minimum absolute atomic E-state index is 0.0529. The van der Waals surface area contributed by atoms with Crippen LogP contribution in [0.15, 0.2) is 18.2 Å². The highest BCUT2D eigenvalue weighted by atomic mass is 32.2. The molecule has 2 rings (SSSR count). The molecule has 0 saturated heterocycles. The quantitative estimate of drug-likeness (QED) is 0.863. The third-order valence-electron chi connectivity index (χ3n) is 3.27. The van der Waals surface area contributed by atoms with Gasteiger partial charge in [-0.25, -0.2) is 0 Å². The molecule has 0 radical (unpaired) electrons. The van der Waals surface area contributed by atoms with Crippen LogP contribution in [0.4, 0.5) is 0 Å². The Kier molecular flexibility index (Phi) is 3.33. The maximum Gasteiger partial charge on any atom is 0.251 e. The lowest BCUT2D eigenvalue weighted by molar-refractivity contribution is 0.0952. The Morgan fingerprint density at radius 1 is 1.53 bits per heavy atom. The van der Waals surface area contributed by atoms with Gasteiger partial charge < -0.3 is 10.4 Å². The summed E-state index contributed by atoms with van der Waals surface area (Å²) in [6.45, 7) is 2.56. The summed E-state index contributed by atoms with van der Waals surface area (Å²) in [4.78, 5) is 12.0. The molecule has 0 spiro atoms. The molecular weight excluding hydrogens is 234 g/mol. The number of carbonyl (C=O) groups is 1. The number of phenolic OH excluding ortho intramolecular Hbond substituents is 1. The maximum atomic E-state index is 12.0. The van der Waals surface area contributed by atoms with Crippen molar-refractivity contribution in [1.29, 1.82) is 0 Å². The fraction of sp³-hybridized carbons (Fsp3) is 0.462. The fourth-order valence-corrected chi connectivity index (χ4v) is 2.56. The van der Waals surface area contributed by atoms with Gasteiger partial charge in [0.25, 0.3) is 5.91 Å². The Balaban J connectivity index is 2.00. The van der Waals surface area contributed by atoms with Crippen LogP contribution < -0.4 is 5.32 Å². The van der Waals surface area contributed by atoms with Crippen LogP contribution in [0.3, 0.4) is 0 Å². The van der Waals surface area contributed by atoms with E-state index >= 15 is 0 Å². The number of aromatic hydroxyl groups is 1. The Hall–Kier alpha value is -1.16. The highest BCUT2D eigenvalue weighted by Crippen LogP contribution is 2.46. The summed E-state index contributed by atoms with van der Waals surface area (Å²) in [5.74, 6) is 0.143. The van der Waals surface area contributed by atoms with Gasteiger partial charge in [-0.2, -0.15) is 11.8 Å². The molecule has 1 aromatic rings. The van der Waals surface area contributed by atoms with Crippen LogP contribution >= 0.6 is 11.8 Å². The van der Waals surface area contributed by atoms with Gasteiger partial charge in [-0.1, -0.05) is 0 Å². The second-order valence-corrected chi connectivity index (χ2v) is 5.84. The van der Waals surface area contributed by atoms with E-state index in [-0.39, 0.29) is 16.4 Å². The molecular formula is C13H17NO2S. The zero-order chi connectivity index (χ0) is 12.5. The number of carbonyl (C=O) groups excluding carboxylic acids is 1. The van der Waals surface area contributed by atoms with E-state index in [9.17, 15) is 9.90 Å². The molecule has 1 saturated carbocycles. The summed E-state index contributed by atoms with van der Waals surface area (Å²) in [7, 11) is 0. The van der Waals surface area contributed by atoms with Crippen LogP contribution in [-0.2, 0) is 0 Å². The Morgan fingerprint density at radius 3 is 2.76 bits per heavy atom. The van der Waals surface area contributed by atoms with Crippen molar-refractivity contribution in [3.63, 3.8) is 0 Å². The number of hydrogen-bond acceptors (Lipinski definition) is 3. The molecule has 1 aliphatic rings. The highest BCUT2D eigenvalue weighted by molar-refractivity contribution is 8.00. The van der Waals surface area contributed by atoms with Crippen molar-refractivity contribution in [1.82, 2.24) is 5.32 Å². The van der Waals surface area contributed by atoms with Gasteiger partial charge in [0, 0.05) is 16.9 Å². The van der Waals surface area contributed by atoms with Crippen LogP contribution in [0, 0.1) is 6.92 Å². The Bertz CT molecular complexity index is 441. The van der Waals surface area contributed by atoms with E-state index in [4.69, 9.17) is 0 Å². The Morgan fingerprint density at radius 2 is 2.24 bits per heavy atom. The molecule has 92 valence electrons. The smallest absolute Gasteiger partial charge is 0.251 e. The molecule has 0 heterocycles. The van der Waals surface area contributed by atoms with Crippen molar-refractivity contribution in [2.75, 3.05) is 12.8 Å². The van der Waals surface area contributed by atoms with Crippen LogP contribution in [0.2, 0.25) is 0 Å². The molecule has 1 aliphatic carbocycles. The average molecular weight is 251 g/mol. The number of nitrogens with one attached hydrogen (secondary N) is 1. The van der Waals surface area contributed by atoms with E-state index < -0.39 is 0 Å². The van der Waals surface area contributed by atoms with E-state index in [1.165, 1.54) is 12.8 Å². The largest absolute Gasteiger partial charge is 0.508 e. The second kappa shape index (κ2) is 4.61. The summed E-state index contributed by atoms with van der Waals surface area (Å²) in [6, 6.07) is 4.82. The van der Waals surface area contributed by atoms with Gasteiger partial charge in [-0.15, -0.1) is 0 Å². The van der Waals surface area contributed by atoms with Crippen LogP contribution in [0.1, 0.15) is 28.8 Å². The number of aryl methyl sites for hydroxylation is 1. The van der Waals surface area contributed by atoms with Crippen LogP contribution in [-0.4, -0.2) is 28.6 Å². The maximum absolute atomic E-state index is 12.0. The van der Waals surface area contributed by atoms with Crippen molar-refractivity contribution in [2.24, 2.45) is 0 Å². The van der Waals surface area contributed by atoms with Crippen LogP contribution in [0.25, 0.3) is 0 Å². The minimum atomic E-state index is -0.0529. The van der Waals surface area contributed by atoms with Crippen molar-refractivity contribution >= 4 is 17.7 Å². The molecule has 0 aromatic heterocycles. The zero-order valence-corrected chi connectivity index (χ0v) is 10.9. The normalized spacial score (nSPS) is 16.6. The number of phenols is 1. The monoisotopic (exact) mass is 251 g/mol. The first-order chi connectivity index (χ1) is 8.06. The molecule has 1 amide bonds. The summed E-state index contributed by atoms with van der Waals surface area (Å²) < 4.78 is 0.278. The minimum Gasteiger partial charge on any atom is -0.508 e. The number of amides is 1. The molecule has 1 fully saturated rings. The third-order valence-corrected chi connectivity index (χ3v) is 4.69. The van der Waals surface area contributed by atoms with E-state index in [0.717, 1.165) is 12.1 Å². The van der Waals surface area contributed by atoms with E-state index in [1.807, 2.05) is 18.7 Å².